The molecule has 2 aromatic carbocycles. The van der Waals surface area contributed by atoms with Gasteiger partial charge in [-0.25, -0.2) is 0 Å². The van der Waals surface area contributed by atoms with Gasteiger partial charge in [-0.1, -0.05) is 24.3 Å². The molecule has 1 aliphatic rings. The minimum atomic E-state index is 0.669. The van der Waals surface area contributed by atoms with Crippen LogP contribution in [0, 0.1) is 0 Å². The average Bonchev–Trinajstić information content (AvgIpc) is 3.07. The quantitative estimate of drug-likeness (QED) is 0.698. The van der Waals surface area contributed by atoms with E-state index in [1.165, 1.54) is 30.4 Å². The van der Waals surface area contributed by atoms with Gasteiger partial charge < -0.3 is 9.47 Å². The lowest BCUT2D eigenvalue weighted by atomic mass is 9.93. The summed E-state index contributed by atoms with van der Waals surface area (Å²) in [6.07, 6.45) is 3.78. The van der Waals surface area contributed by atoms with Crippen LogP contribution in [0.25, 0.3) is 0 Å². The summed E-state index contributed by atoms with van der Waals surface area (Å²) in [6, 6.07) is 17.3. The van der Waals surface area contributed by atoms with E-state index >= 15 is 0 Å². The Morgan fingerprint density at radius 2 is 1.09 bits per heavy atom. The van der Waals surface area contributed by atoms with Crippen LogP contribution >= 0.6 is 0 Å². The lowest BCUT2D eigenvalue weighted by Crippen LogP contribution is -1.97. The summed E-state index contributed by atoms with van der Waals surface area (Å²) in [5, 5.41) is 0. The summed E-state index contributed by atoms with van der Waals surface area (Å²) in [6.45, 7) is 5.49. The smallest absolute Gasteiger partial charge is 0.119 e. The molecule has 2 aromatic rings. The largest absolute Gasteiger partial charge is 0.494 e. The van der Waals surface area contributed by atoms with Gasteiger partial charge in [-0.15, -0.1) is 0 Å². The van der Waals surface area contributed by atoms with Crippen molar-refractivity contribution in [2.45, 2.75) is 44.9 Å². The Bertz CT molecular complexity index is 545. The maximum absolute atomic E-state index is 5.53. The van der Waals surface area contributed by atoms with Gasteiger partial charge in [-0.2, -0.15) is 0 Å². The lowest BCUT2D eigenvalue weighted by Gasteiger charge is -2.13. The predicted octanol–water partition coefficient (Wildman–Crippen LogP) is 5.54. The van der Waals surface area contributed by atoms with Crippen LogP contribution in [0.5, 0.6) is 11.5 Å². The second-order valence-corrected chi connectivity index (χ2v) is 6.21. The highest BCUT2D eigenvalue weighted by Crippen LogP contribution is 2.44. The van der Waals surface area contributed by atoms with E-state index in [0.29, 0.717) is 11.8 Å². The van der Waals surface area contributed by atoms with Gasteiger partial charge in [-0.05, 0) is 80.3 Å². The molecule has 0 unspecified atom stereocenters. The van der Waals surface area contributed by atoms with E-state index in [0.717, 1.165) is 24.7 Å². The first-order valence-corrected chi connectivity index (χ1v) is 8.75. The minimum Gasteiger partial charge on any atom is -0.494 e. The van der Waals surface area contributed by atoms with Crippen LogP contribution in [0.1, 0.15) is 56.1 Å². The monoisotopic (exact) mass is 310 g/mol. The van der Waals surface area contributed by atoms with Crippen molar-refractivity contribution < 1.29 is 9.47 Å². The topological polar surface area (TPSA) is 18.5 Å². The molecule has 0 heterocycles. The van der Waals surface area contributed by atoms with Crippen molar-refractivity contribution in [3.05, 3.63) is 59.7 Å². The molecule has 0 amide bonds. The zero-order valence-corrected chi connectivity index (χ0v) is 14.1. The molecule has 2 atom stereocenters. The lowest BCUT2D eigenvalue weighted by molar-refractivity contribution is 0.340. The third-order valence-electron chi connectivity index (χ3n) is 4.76. The molecule has 0 aliphatic heterocycles. The molecule has 1 aliphatic carbocycles. The van der Waals surface area contributed by atoms with Gasteiger partial charge in [0.05, 0.1) is 13.2 Å². The zero-order chi connectivity index (χ0) is 16.1. The van der Waals surface area contributed by atoms with Crippen molar-refractivity contribution in [2.75, 3.05) is 13.2 Å². The van der Waals surface area contributed by atoms with Crippen molar-refractivity contribution >= 4 is 0 Å². The number of rotatable bonds is 6. The molecule has 2 nitrogen and oxygen atoms in total. The van der Waals surface area contributed by atoms with E-state index < -0.39 is 0 Å². The number of hydrogen-bond donors (Lipinski definition) is 0. The fourth-order valence-electron chi connectivity index (χ4n) is 3.59. The Hall–Kier alpha value is -1.96. The van der Waals surface area contributed by atoms with Crippen molar-refractivity contribution in [3.8, 4) is 11.5 Å². The first kappa shape index (κ1) is 15.9. The van der Waals surface area contributed by atoms with Crippen LogP contribution in [0.15, 0.2) is 48.5 Å². The van der Waals surface area contributed by atoms with Crippen LogP contribution in [0.4, 0.5) is 0 Å². The van der Waals surface area contributed by atoms with Crippen molar-refractivity contribution in [2.24, 2.45) is 0 Å². The highest BCUT2D eigenvalue weighted by atomic mass is 16.5. The molecular formula is C21H26O2. The van der Waals surface area contributed by atoms with Gasteiger partial charge in [0.2, 0.25) is 0 Å². The highest BCUT2D eigenvalue weighted by molar-refractivity contribution is 5.33. The molecule has 0 bridgehead atoms. The molecule has 1 fully saturated rings. The van der Waals surface area contributed by atoms with E-state index in [-0.39, 0.29) is 0 Å². The fourth-order valence-corrected chi connectivity index (χ4v) is 3.59. The number of benzene rings is 2. The van der Waals surface area contributed by atoms with Crippen molar-refractivity contribution in [3.63, 3.8) is 0 Å². The first-order chi connectivity index (χ1) is 11.3. The van der Waals surface area contributed by atoms with Gasteiger partial charge in [0, 0.05) is 0 Å². The van der Waals surface area contributed by atoms with Gasteiger partial charge in [0.25, 0.3) is 0 Å². The fraction of sp³-hybridized carbons (Fsp3) is 0.429. The molecular weight excluding hydrogens is 284 g/mol. The van der Waals surface area contributed by atoms with E-state index in [1.54, 1.807) is 0 Å². The summed E-state index contributed by atoms with van der Waals surface area (Å²) in [4.78, 5) is 0. The third-order valence-corrected chi connectivity index (χ3v) is 4.76. The highest BCUT2D eigenvalue weighted by Gasteiger charge is 2.26. The Labute approximate surface area is 139 Å². The van der Waals surface area contributed by atoms with Crippen LogP contribution in [0.3, 0.4) is 0 Å². The molecule has 122 valence electrons. The van der Waals surface area contributed by atoms with Crippen LogP contribution in [0.2, 0.25) is 0 Å². The maximum Gasteiger partial charge on any atom is 0.119 e. The SMILES string of the molecule is CCOc1ccc([C@H]2CC[C@H](c3ccc(OCC)cc3)C2)cc1. The Kier molecular flexibility index (Phi) is 5.22. The summed E-state index contributed by atoms with van der Waals surface area (Å²) in [5.41, 5.74) is 2.89. The van der Waals surface area contributed by atoms with Crippen LogP contribution in [-0.2, 0) is 0 Å². The van der Waals surface area contributed by atoms with Crippen LogP contribution < -0.4 is 9.47 Å². The normalized spacial score (nSPS) is 20.4. The molecule has 1 saturated carbocycles. The zero-order valence-electron chi connectivity index (χ0n) is 14.1. The summed E-state index contributed by atoms with van der Waals surface area (Å²) in [5.74, 6) is 3.28. The molecule has 0 radical (unpaired) electrons. The molecule has 2 heteroatoms. The number of ether oxygens (including phenoxy) is 2. The molecule has 3 rings (SSSR count). The van der Waals surface area contributed by atoms with Gasteiger partial charge in [0.1, 0.15) is 11.5 Å². The Morgan fingerprint density at radius 3 is 1.43 bits per heavy atom. The van der Waals surface area contributed by atoms with E-state index in [4.69, 9.17) is 9.47 Å². The Balaban J connectivity index is 1.63. The summed E-state index contributed by atoms with van der Waals surface area (Å²) >= 11 is 0. The molecule has 23 heavy (non-hydrogen) atoms. The van der Waals surface area contributed by atoms with Crippen molar-refractivity contribution in [1.29, 1.82) is 0 Å². The summed E-state index contributed by atoms with van der Waals surface area (Å²) in [7, 11) is 0. The van der Waals surface area contributed by atoms with Crippen LogP contribution in [-0.4, -0.2) is 13.2 Å². The van der Waals surface area contributed by atoms with E-state index in [1.807, 2.05) is 13.8 Å². The standard InChI is InChI=1S/C21H26O2/c1-3-22-20-11-7-16(8-12-20)18-5-6-19(15-18)17-9-13-21(14-10-17)23-4-2/h7-14,18-19H,3-6,15H2,1-2H3/t18-,19-/m0/s1. The first-order valence-electron chi connectivity index (χ1n) is 8.75. The Morgan fingerprint density at radius 1 is 0.696 bits per heavy atom. The molecule has 0 spiro atoms. The van der Waals surface area contributed by atoms with E-state index in [2.05, 4.69) is 48.5 Å². The predicted molar refractivity (Wildman–Crippen MR) is 94.6 cm³/mol. The van der Waals surface area contributed by atoms with Gasteiger partial charge >= 0.3 is 0 Å². The second-order valence-electron chi connectivity index (χ2n) is 6.21. The van der Waals surface area contributed by atoms with Gasteiger partial charge in [-0.3, -0.25) is 0 Å². The second kappa shape index (κ2) is 7.54. The summed E-state index contributed by atoms with van der Waals surface area (Å²) < 4.78 is 11.1. The van der Waals surface area contributed by atoms with Gasteiger partial charge in [0.15, 0.2) is 0 Å². The average molecular weight is 310 g/mol. The molecule has 0 N–H and O–H groups in total. The number of hydrogen-bond acceptors (Lipinski definition) is 2. The minimum absolute atomic E-state index is 0.669. The van der Waals surface area contributed by atoms with Crippen molar-refractivity contribution in [1.82, 2.24) is 0 Å². The maximum atomic E-state index is 5.53. The van der Waals surface area contributed by atoms with E-state index in [9.17, 15) is 0 Å². The third kappa shape index (κ3) is 3.87. The molecule has 0 saturated heterocycles. The molecule has 0 aromatic heterocycles.